The number of halogens is 1. The van der Waals surface area contributed by atoms with Crippen molar-refractivity contribution in [2.24, 2.45) is 0 Å². The van der Waals surface area contributed by atoms with E-state index in [0.717, 1.165) is 44.6 Å². The highest BCUT2D eigenvalue weighted by molar-refractivity contribution is 5.77. The van der Waals surface area contributed by atoms with Crippen molar-refractivity contribution in [3.8, 4) is 0 Å². The van der Waals surface area contributed by atoms with E-state index in [0.29, 0.717) is 18.9 Å². The average Bonchev–Trinajstić information content (AvgIpc) is 3.01. The average molecular weight is 348 g/mol. The number of carbonyl (C=O) groups is 1. The number of carbonyl (C=O) groups excluding carboxylic acids is 1. The van der Waals surface area contributed by atoms with Gasteiger partial charge in [0.05, 0.1) is 12.2 Å². The highest BCUT2D eigenvalue weighted by Gasteiger charge is 2.32. The van der Waals surface area contributed by atoms with Crippen molar-refractivity contribution in [1.29, 1.82) is 0 Å². The van der Waals surface area contributed by atoms with Crippen LogP contribution in [0.3, 0.4) is 0 Å². The van der Waals surface area contributed by atoms with Gasteiger partial charge < -0.3 is 9.64 Å². The van der Waals surface area contributed by atoms with Gasteiger partial charge in [-0.15, -0.1) is 0 Å². The van der Waals surface area contributed by atoms with Gasteiger partial charge in [-0.25, -0.2) is 4.39 Å². The van der Waals surface area contributed by atoms with Crippen molar-refractivity contribution in [2.75, 3.05) is 26.2 Å². The van der Waals surface area contributed by atoms with Crippen LogP contribution in [0.15, 0.2) is 24.3 Å². The van der Waals surface area contributed by atoms with E-state index in [-0.39, 0.29) is 23.9 Å². The number of amides is 1. The van der Waals surface area contributed by atoms with Gasteiger partial charge in [-0.05, 0) is 50.8 Å². The van der Waals surface area contributed by atoms with E-state index in [1.54, 1.807) is 12.1 Å². The van der Waals surface area contributed by atoms with Crippen molar-refractivity contribution >= 4 is 5.91 Å². The van der Waals surface area contributed by atoms with Crippen LogP contribution >= 0.6 is 0 Å². The predicted molar refractivity (Wildman–Crippen MR) is 95.9 cm³/mol. The second-order valence-corrected chi connectivity index (χ2v) is 7.49. The van der Waals surface area contributed by atoms with Crippen LogP contribution in [0.1, 0.15) is 38.7 Å². The largest absolute Gasteiger partial charge is 0.373 e. The SMILES string of the molecule is C[C@@H]1CN(C[C@H]2CCCN2C(=O)CCc2ccc(F)cc2)C[C@@H](C)O1. The van der Waals surface area contributed by atoms with E-state index in [2.05, 4.69) is 23.6 Å². The molecule has 1 amide bonds. The molecule has 2 aliphatic rings. The van der Waals surface area contributed by atoms with Gasteiger partial charge in [0.15, 0.2) is 0 Å². The van der Waals surface area contributed by atoms with Crippen LogP contribution in [0.4, 0.5) is 4.39 Å². The van der Waals surface area contributed by atoms with E-state index in [1.165, 1.54) is 12.1 Å². The molecule has 0 N–H and O–H groups in total. The molecule has 2 heterocycles. The number of hydrogen-bond acceptors (Lipinski definition) is 3. The summed E-state index contributed by atoms with van der Waals surface area (Å²) in [4.78, 5) is 17.2. The molecule has 4 nitrogen and oxygen atoms in total. The predicted octanol–water partition coefficient (Wildman–Crippen LogP) is 2.86. The minimum Gasteiger partial charge on any atom is -0.373 e. The van der Waals surface area contributed by atoms with Crippen molar-refractivity contribution in [2.45, 2.75) is 57.8 Å². The van der Waals surface area contributed by atoms with Crippen LogP contribution < -0.4 is 0 Å². The molecule has 0 saturated carbocycles. The Morgan fingerprint density at radius 2 is 1.88 bits per heavy atom. The fourth-order valence-electron chi connectivity index (χ4n) is 4.13. The zero-order valence-electron chi connectivity index (χ0n) is 15.3. The minimum absolute atomic E-state index is 0.223. The molecular weight excluding hydrogens is 319 g/mol. The van der Waals surface area contributed by atoms with Crippen LogP contribution in [0.5, 0.6) is 0 Å². The molecule has 0 aliphatic carbocycles. The fraction of sp³-hybridized carbons (Fsp3) is 0.650. The minimum atomic E-state index is -0.233. The summed E-state index contributed by atoms with van der Waals surface area (Å²) in [5.41, 5.74) is 1.02. The summed E-state index contributed by atoms with van der Waals surface area (Å²) in [6, 6.07) is 6.76. The van der Waals surface area contributed by atoms with Crippen LogP contribution in [0.25, 0.3) is 0 Å². The van der Waals surface area contributed by atoms with Crippen LogP contribution in [-0.4, -0.2) is 60.1 Å². The van der Waals surface area contributed by atoms with Crippen LogP contribution in [-0.2, 0) is 16.0 Å². The van der Waals surface area contributed by atoms with E-state index in [4.69, 9.17) is 4.74 Å². The lowest BCUT2D eigenvalue weighted by Gasteiger charge is -2.38. The Labute approximate surface area is 149 Å². The molecule has 5 heteroatoms. The Balaban J connectivity index is 1.51. The van der Waals surface area contributed by atoms with Crippen molar-refractivity contribution < 1.29 is 13.9 Å². The first-order valence-electron chi connectivity index (χ1n) is 9.43. The number of nitrogens with zero attached hydrogens (tertiary/aromatic N) is 2. The lowest BCUT2D eigenvalue weighted by molar-refractivity contribution is -0.133. The molecule has 3 rings (SSSR count). The summed E-state index contributed by atoms with van der Waals surface area (Å²) in [5.74, 6) is -0.00941. The molecule has 138 valence electrons. The molecule has 0 aromatic heterocycles. The van der Waals surface area contributed by atoms with E-state index >= 15 is 0 Å². The zero-order chi connectivity index (χ0) is 17.8. The standard InChI is InChI=1S/C20H29FN2O2/c1-15-12-22(13-16(2)25-15)14-19-4-3-11-23(19)20(24)10-7-17-5-8-18(21)9-6-17/h5-6,8-9,15-16,19H,3-4,7,10-14H2,1-2H3/t15-,16-,19-/m1/s1. The summed E-state index contributed by atoms with van der Waals surface area (Å²) in [6.45, 7) is 7.92. The maximum absolute atomic E-state index is 13.0. The van der Waals surface area contributed by atoms with Crippen LogP contribution in [0.2, 0.25) is 0 Å². The number of hydrogen-bond donors (Lipinski definition) is 0. The lowest BCUT2D eigenvalue weighted by atomic mass is 10.1. The van der Waals surface area contributed by atoms with Gasteiger partial charge >= 0.3 is 0 Å². The summed E-state index contributed by atoms with van der Waals surface area (Å²) in [7, 11) is 0. The molecule has 2 aliphatic heterocycles. The second-order valence-electron chi connectivity index (χ2n) is 7.49. The summed E-state index contributed by atoms with van der Waals surface area (Å²) in [5, 5.41) is 0. The normalized spacial score (nSPS) is 27.6. The first-order chi connectivity index (χ1) is 12.0. The number of likely N-dealkylation sites (tertiary alicyclic amines) is 1. The van der Waals surface area contributed by atoms with E-state index in [1.807, 2.05) is 0 Å². The number of ether oxygens (including phenoxy) is 1. The quantitative estimate of drug-likeness (QED) is 0.820. The van der Waals surface area contributed by atoms with Gasteiger partial charge in [0.2, 0.25) is 5.91 Å². The third-order valence-electron chi connectivity index (χ3n) is 5.20. The van der Waals surface area contributed by atoms with Crippen molar-refractivity contribution in [3.05, 3.63) is 35.6 Å². The molecule has 0 bridgehead atoms. The fourth-order valence-corrected chi connectivity index (χ4v) is 4.13. The Hall–Kier alpha value is -1.46. The highest BCUT2D eigenvalue weighted by atomic mass is 19.1. The van der Waals surface area contributed by atoms with Gasteiger partial charge in [-0.2, -0.15) is 0 Å². The topological polar surface area (TPSA) is 32.8 Å². The van der Waals surface area contributed by atoms with Gasteiger partial charge in [-0.1, -0.05) is 12.1 Å². The maximum atomic E-state index is 13.0. The smallest absolute Gasteiger partial charge is 0.223 e. The third kappa shape index (κ3) is 5.02. The molecule has 3 atom stereocenters. The number of benzene rings is 1. The molecule has 1 aromatic carbocycles. The number of rotatable bonds is 5. The maximum Gasteiger partial charge on any atom is 0.223 e. The molecule has 2 saturated heterocycles. The van der Waals surface area contributed by atoms with Gasteiger partial charge in [-0.3, -0.25) is 9.69 Å². The second kappa shape index (κ2) is 8.28. The number of morpholine rings is 1. The Kier molecular flexibility index (Phi) is 6.07. The molecular formula is C20H29FN2O2. The van der Waals surface area contributed by atoms with Gasteiger partial charge in [0, 0.05) is 38.6 Å². The Morgan fingerprint density at radius 1 is 1.20 bits per heavy atom. The molecule has 0 spiro atoms. The summed E-state index contributed by atoms with van der Waals surface area (Å²) < 4.78 is 18.8. The van der Waals surface area contributed by atoms with E-state index in [9.17, 15) is 9.18 Å². The zero-order valence-corrected chi connectivity index (χ0v) is 15.3. The molecule has 2 fully saturated rings. The highest BCUT2D eigenvalue weighted by Crippen LogP contribution is 2.22. The summed E-state index contributed by atoms with van der Waals surface area (Å²) >= 11 is 0. The molecule has 25 heavy (non-hydrogen) atoms. The molecule has 0 radical (unpaired) electrons. The van der Waals surface area contributed by atoms with Crippen molar-refractivity contribution in [3.63, 3.8) is 0 Å². The Bertz CT molecular complexity index is 568. The Morgan fingerprint density at radius 3 is 2.56 bits per heavy atom. The molecule has 0 unspecified atom stereocenters. The monoisotopic (exact) mass is 348 g/mol. The van der Waals surface area contributed by atoms with Gasteiger partial charge in [0.1, 0.15) is 5.82 Å². The summed E-state index contributed by atoms with van der Waals surface area (Å²) in [6.07, 6.45) is 3.86. The van der Waals surface area contributed by atoms with Crippen LogP contribution in [0, 0.1) is 5.82 Å². The first kappa shape index (κ1) is 18.3. The van der Waals surface area contributed by atoms with E-state index < -0.39 is 0 Å². The van der Waals surface area contributed by atoms with Crippen molar-refractivity contribution in [1.82, 2.24) is 9.80 Å². The first-order valence-corrected chi connectivity index (χ1v) is 9.43. The van der Waals surface area contributed by atoms with Gasteiger partial charge in [0.25, 0.3) is 0 Å². The molecule has 1 aromatic rings. The third-order valence-corrected chi connectivity index (χ3v) is 5.20. The lowest BCUT2D eigenvalue weighted by Crippen LogP contribution is -2.50. The number of aryl methyl sites for hydroxylation is 1.